The van der Waals surface area contributed by atoms with Crippen LogP contribution in [-0.2, 0) is 4.79 Å². The van der Waals surface area contributed by atoms with Crippen LogP contribution in [0, 0.1) is 11.8 Å². The standard InChI is InChI=1S/C7H10FNO/c1-3-2-4(10)9-7-5(3)6(7)8/h3,5-7H,2H2,1H3,(H,9,10)/t3-,5-,6-,7-/m0/s1. The van der Waals surface area contributed by atoms with Crippen LogP contribution in [0.15, 0.2) is 0 Å². The Labute approximate surface area is 58.8 Å². The topological polar surface area (TPSA) is 29.1 Å². The van der Waals surface area contributed by atoms with E-state index in [1.54, 1.807) is 0 Å². The predicted molar refractivity (Wildman–Crippen MR) is 34.1 cm³/mol. The quantitative estimate of drug-likeness (QED) is 0.525. The fraction of sp³-hybridized carbons (Fsp3) is 0.857. The first-order valence-electron chi connectivity index (χ1n) is 3.63. The summed E-state index contributed by atoms with van der Waals surface area (Å²) in [5, 5.41) is 2.62. The third-order valence-electron chi connectivity index (χ3n) is 2.48. The highest BCUT2D eigenvalue weighted by Gasteiger charge is 2.57. The number of hydrogen-bond acceptors (Lipinski definition) is 1. The van der Waals surface area contributed by atoms with Crippen LogP contribution in [0.3, 0.4) is 0 Å². The largest absolute Gasteiger partial charge is 0.350 e. The molecule has 2 nitrogen and oxygen atoms in total. The summed E-state index contributed by atoms with van der Waals surface area (Å²) < 4.78 is 12.7. The molecule has 1 aliphatic carbocycles. The maximum Gasteiger partial charge on any atom is 0.220 e. The van der Waals surface area contributed by atoms with Gasteiger partial charge in [0.05, 0.1) is 6.04 Å². The molecule has 0 aromatic carbocycles. The van der Waals surface area contributed by atoms with E-state index in [4.69, 9.17) is 0 Å². The van der Waals surface area contributed by atoms with Crippen molar-refractivity contribution >= 4 is 5.91 Å². The summed E-state index contributed by atoms with van der Waals surface area (Å²) in [4.78, 5) is 10.8. The van der Waals surface area contributed by atoms with E-state index in [9.17, 15) is 9.18 Å². The van der Waals surface area contributed by atoms with E-state index in [1.165, 1.54) is 0 Å². The molecule has 10 heavy (non-hydrogen) atoms. The number of rotatable bonds is 0. The molecule has 4 atom stereocenters. The Morgan fingerprint density at radius 1 is 1.70 bits per heavy atom. The van der Waals surface area contributed by atoms with Crippen molar-refractivity contribution in [1.29, 1.82) is 0 Å². The van der Waals surface area contributed by atoms with Crippen molar-refractivity contribution in [2.75, 3.05) is 0 Å². The zero-order valence-corrected chi connectivity index (χ0v) is 5.80. The fourth-order valence-corrected chi connectivity index (χ4v) is 1.81. The summed E-state index contributed by atoms with van der Waals surface area (Å²) in [6, 6.07) is -0.142. The summed E-state index contributed by atoms with van der Waals surface area (Å²) in [5.41, 5.74) is 0. The molecule has 1 saturated heterocycles. The SMILES string of the molecule is C[C@H]1CC(=O)N[C@@H]2[C@@H](F)[C@@H]21. The molecule has 2 rings (SSSR count). The Kier molecular flexibility index (Phi) is 1.05. The third-order valence-corrected chi connectivity index (χ3v) is 2.48. The van der Waals surface area contributed by atoms with Gasteiger partial charge in [-0.05, 0) is 5.92 Å². The lowest BCUT2D eigenvalue weighted by Crippen LogP contribution is -2.34. The van der Waals surface area contributed by atoms with Crippen molar-refractivity contribution in [3.05, 3.63) is 0 Å². The Morgan fingerprint density at radius 3 is 3.00 bits per heavy atom. The molecule has 1 heterocycles. The maximum atomic E-state index is 12.7. The Morgan fingerprint density at radius 2 is 2.40 bits per heavy atom. The van der Waals surface area contributed by atoms with Gasteiger partial charge in [-0.2, -0.15) is 0 Å². The number of fused-ring (bicyclic) bond motifs is 1. The smallest absolute Gasteiger partial charge is 0.220 e. The zero-order chi connectivity index (χ0) is 7.30. The molecule has 0 unspecified atom stereocenters. The Balaban J connectivity index is 2.09. The second kappa shape index (κ2) is 1.71. The van der Waals surface area contributed by atoms with Crippen LogP contribution < -0.4 is 5.32 Å². The van der Waals surface area contributed by atoms with Gasteiger partial charge in [-0.3, -0.25) is 4.79 Å². The number of halogens is 1. The molecule has 0 bridgehead atoms. The first-order chi connectivity index (χ1) is 4.70. The molecule has 0 radical (unpaired) electrons. The van der Waals surface area contributed by atoms with Gasteiger partial charge in [0.1, 0.15) is 6.17 Å². The van der Waals surface area contributed by atoms with Gasteiger partial charge in [-0.15, -0.1) is 0 Å². The minimum atomic E-state index is -0.763. The van der Waals surface area contributed by atoms with Gasteiger partial charge in [-0.25, -0.2) is 4.39 Å². The number of alkyl halides is 1. The molecule has 1 saturated carbocycles. The van der Waals surface area contributed by atoms with Gasteiger partial charge in [0, 0.05) is 12.3 Å². The highest BCUT2D eigenvalue weighted by Crippen LogP contribution is 2.44. The van der Waals surface area contributed by atoms with Crippen molar-refractivity contribution in [3.8, 4) is 0 Å². The van der Waals surface area contributed by atoms with Crippen LogP contribution in [0.25, 0.3) is 0 Å². The molecule has 1 aliphatic heterocycles. The van der Waals surface area contributed by atoms with Crippen molar-refractivity contribution in [3.63, 3.8) is 0 Å². The monoisotopic (exact) mass is 143 g/mol. The van der Waals surface area contributed by atoms with Crippen molar-refractivity contribution in [1.82, 2.24) is 5.32 Å². The van der Waals surface area contributed by atoms with E-state index in [0.717, 1.165) is 0 Å². The van der Waals surface area contributed by atoms with Gasteiger partial charge in [0.15, 0.2) is 0 Å². The molecule has 0 aromatic heterocycles. The van der Waals surface area contributed by atoms with Gasteiger partial charge in [0.25, 0.3) is 0 Å². The second-order valence-electron chi connectivity index (χ2n) is 3.30. The fourth-order valence-electron chi connectivity index (χ4n) is 1.81. The van der Waals surface area contributed by atoms with E-state index in [1.807, 2.05) is 6.92 Å². The van der Waals surface area contributed by atoms with Crippen LogP contribution >= 0.6 is 0 Å². The highest BCUT2D eigenvalue weighted by atomic mass is 19.1. The van der Waals surface area contributed by atoms with Gasteiger partial charge in [0.2, 0.25) is 5.91 Å². The first-order valence-corrected chi connectivity index (χ1v) is 3.63. The zero-order valence-electron chi connectivity index (χ0n) is 5.80. The van der Waals surface area contributed by atoms with Crippen LogP contribution in [0.2, 0.25) is 0 Å². The van der Waals surface area contributed by atoms with E-state index in [0.29, 0.717) is 6.42 Å². The number of amides is 1. The highest BCUT2D eigenvalue weighted by molar-refractivity contribution is 5.78. The van der Waals surface area contributed by atoms with E-state index in [-0.39, 0.29) is 23.8 Å². The number of carbonyl (C=O) groups excluding carboxylic acids is 1. The molecule has 2 fully saturated rings. The van der Waals surface area contributed by atoms with E-state index in [2.05, 4.69) is 5.32 Å². The number of carbonyl (C=O) groups is 1. The number of nitrogens with one attached hydrogen (secondary N) is 1. The first kappa shape index (κ1) is 6.13. The predicted octanol–water partition coefficient (Wildman–Crippen LogP) is 0.479. The van der Waals surface area contributed by atoms with Crippen molar-refractivity contribution in [2.45, 2.75) is 25.6 Å². The normalized spacial score (nSPS) is 51.6. The average Bonchev–Trinajstić information content (AvgIpc) is 2.42. The molecule has 1 N–H and O–H groups in total. The van der Waals surface area contributed by atoms with E-state index >= 15 is 0 Å². The Hall–Kier alpha value is -0.600. The molecule has 56 valence electrons. The molecular weight excluding hydrogens is 133 g/mol. The van der Waals surface area contributed by atoms with Gasteiger partial charge < -0.3 is 5.32 Å². The molecule has 1 amide bonds. The summed E-state index contributed by atoms with van der Waals surface area (Å²) in [6.07, 6.45) is -0.261. The second-order valence-corrected chi connectivity index (χ2v) is 3.30. The minimum Gasteiger partial charge on any atom is -0.350 e. The van der Waals surface area contributed by atoms with Crippen molar-refractivity contribution < 1.29 is 9.18 Å². The van der Waals surface area contributed by atoms with Crippen LogP contribution in [0.4, 0.5) is 4.39 Å². The lowest BCUT2D eigenvalue weighted by molar-refractivity contribution is -0.123. The van der Waals surface area contributed by atoms with E-state index < -0.39 is 6.17 Å². The third kappa shape index (κ3) is 0.662. The summed E-state index contributed by atoms with van der Waals surface area (Å²) >= 11 is 0. The summed E-state index contributed by atoms with van der Waals surface area (Å²) in [7, 11) is 0. The van der Waals surface area contributed by atoms with Crippen molar-refractivity contribution in [2.24, 2.45) is 11.8 Å². The summed E-state index contributed by atoms with van der Waals surface area (Å²) in [5.74, 6) is 0.375. The molecule has 0 spiro atoms. The lowest BCUT2D eigenvalue weighted by atomic mass is 9.99. The molecular formula is C7H10FNO. The number of piperidine rings is 1. The maximum absolute atomic E-state index is 12.7. The minimum absolute atomic E-state index is 0.00824. The molecule has 2 aliphatic rings. The van der Waals surface area contributed by atoms with Gasteiger partial charge in [-0.1, -0.05) is 6.92 Å². The number of hydrogen-bond donors (Lipinski definition) is 1. The van der Waals surface area contributed by atoms with Crippen LogP contribution in [-0.4, -0.2) is 18.1 Å². The average molecular weight is 143 g/mol. The lowest BCUT2D eigenvalue weighted by Gasteiger charge is -2.15. The molecule has 0 aromatic rings. The van der Waals surface area contributed by atoms with Crippen LogP contribution in [0.5, 0.6) is 0 Å². The Bertz CT molecular complexity index is 172. The van der Waals surface area contributed by atoms with Crippen LogP contribution in [0.1, 0.15) is 13.3 Å². The molecule has 3 heteroatoms. The summed E-state index contributed by atoms with van der Waals surface area (Å²) in [6.45, 7) is 1.94. The van der Waals surface area contributed by atoms with Gasteiger partial charge >= 0.3 is 0 Å².